The molecule has 1 atom stereocenters. The average molecular weight is 280 g/mol. The van der Waals surface area contributed by atoms with Crippen LogP contribution in [0.1, 0.15) is 11.1 Å². The Hall–Kier alpha value is -1.53. The van der Waals surface area contributed by atoms with Crippen molar-refractivity contribution in [1.29, 1.82) is 0 Å². The molecule has 1 N–H and O–H groups in total. The lowest BCUT2D eigenvalue weighted by Crippen LogP contribution is -2.34. The predicted molar refractivity (Wildman–Crippen MR) is 75.4 cm³/mol. The zero-order valence-corrected chi connectivity index (χ0v) is 11.9. The number of thioether (sulfide) groups is 1. The highest BCUT2D eigenvalue weighted by Crippen LogP contribution is 2.31. The number of carbonyl (C=O) groups is 1. The number of para-hydroxylation sites is 1. The number of carbonyl (C=O) groups excluding carboxylic acids is 1. The van der Waals surface area contributed by atoms with Crippen molar-refractivity contribution in [2.45, 2.75) is 13.0 Å². The number of hydrogen-bond acceptors (Lipinski definition) is 5. The van der Waals surface area contributed by atoms with Gasteiger partial charge in [-0.3, -0.25) is 14.6 Å². The van der Waals surface area contributed by atoms with Gasteiger partial charge in [-0.15, -0.1) is 11.8 Å². The van der Waals surface area contributed by atoms with Gasteiger partial charge in [-0.05, 0) is 18.6 Å². The number of phenols is 1. The largest absolute Gasteiger partial charge is 0.507 e. The highest BCUT2D eigenvalue weighted by atomic mass is 32.2. The van der Waals surface area contributed by atoms with Gasteiger partial charge in [0, 0.05) is 18.4 Å². The third-order valence-corrected chi connectivity index (χ3v) is 4.07. The molecule has 0 bridgehead atoms. The molecule has 2 rings (SSSR count). The molecule has 1 amide bonds. The number of aliphatic imine (C=N–C) groups is 1. The summed E-state index contributed by atoms with van der Waals surface area (Å²) in [4.78, 5) is 21.2. The van der Waals surface area contributed by atoms with Crippen molar-refractivity contribution >= 4 is 22.7 Å². The van der Waals surface area contributed by atoms with E-state index in [0.29, 0.717) is 16.4 Å². The van der Waals surface area contributed by atoms with Crippen molar-refractivity contribution in [3.05, 3.63) is 29.3 Å². The number of nitrogens with zero attached hydrogens (tertiary/aromatic N) is 2. The number of aromatic hydroxyl groups is 1. The number of aryl methyl sites for hydroxylation is 1. The molecule has 19 heavy (non-hydrogen) atoms. The third-order valence-electron chi connectivity index (χ3n) is 2.99. The maximum absolute atomic E-state index is 11.9. The summed E-state index contributed by atoms with van der Waals surface area (Å²) >= 11 is 1.47. The fourth-order valence-corrected chi connectivity index (χ4v) is 2.83. The van der Waals surface area contributed by atoms with Crippen LogP contribution in [0, 0.1) is 6.92 Å². The number of hydroxylamine groups is 2. The normalized spacial score (nSPS) is 18.3. The molecule has 102 valence electrons. The van der Waals surface area contributed by atoms with Crippen molar-refractivity contribution in [2.75, 3.05) is 19.9 Å². The van der Waals surface area contributed by atoms with Gasteiger partial charge in [0.05, 0.1) is 7.11 Å². The van der Waals surface area contributed by atoms with Crippen molar-refractivity contribution in [2.24, 2.45) is 4.99 Å². The molecular weight excluding hydrogens is 264 g/mol. The molecule has 0 fully saturated rings. The maximum atomic E-state index is 11.9. The molecule has 0 unspecified atom stereocenters. The van der Waals surface area contributed by atoms with Crippen LogP contribution >= 0.6 is 11.8 Å². The second-order valence-corrected chi connectivity index (χ2v) is 5.26. The van der Waals surface area contributed by atoms with E-state index in [1.807, 2.05) is 19.1 Å². The van der Waals surface area contributed by atoms with Crippen LogP contribution < -0.4 is 0 Å². The summed E-state index contributed by atoms with van der Waals surface area (Å²) in [5.41, 5.74) is 1.48. The summed E-state index contributed by atoms with van der Waals surface area (Å²) in [5, 5.41) is 11.9. The molecular formula is C13H16N2O3S. The van der Waals surface area contributed by atoms with E-state index >= 15 is 0 Å². The number of amides is 1. The van der Waals surface area contributed by atoms with Crippen molar-refractivity contribution in [1.82, 2.24) is 5.06 Å². The Morgan fingerprint density at radius 2 is 2.32 bits per heavy atom. The summed E-state index contributed by atoms with van der Waals surface area (Å²) in [7, 11) is 3.00. The van der Waals surface area contributed by atoms with E-state index in [0.717, 1.165) is 5.56 Å². The molecule has 1 aliphatic heterocycles. The molecule has 0 aliphatic carbocycles. The van der Waals surface area contributed by atoms with Gasteiger partial charge in [0.15, 0.2) is 0 Å². The highest BCUT2D eigenvalue weighted by molar-refractivity contribution is 8.14. The minimum Gasteiger partial charge on any atom is -0.507 e. The van der Waals surface area contributed by atoms with Crippen molar-refractivity contribution in [3.8, 4) is 5.75 Å². The van der Waals surface area contributed by atoms with Gasteiger partial charge in [-0.2, -0.15) is 0 Å². The van der Waals surface area contributed by atoms with E-state index in [9.17, 15) is 9.90 Å². The standard InChI is InChI=1S/C13H16N2O3S/c1-8-5-4-6-9(11(8)16)12-14-10(7-19-12)13(17)15(2)18-3/h4-6,10,16H,7H2,1-3H3/t10-/m0/s1. The van der Waals surface area contributed by atoms with E-state index in [1.54, 1.807) is 13.1 Å². The number of likely N-dealkylation sites (N-methyl/N-ethyl adjacent to an activating group) is 1. The molecule has 1 heterocycles. The Bertz CT molecular complexity index is 531. The molecule has 0 aromatic heterocycles. The fraction of sp³-hybridized carbons (Fsp3) is 0.385. The average Bonchev–Trinajstić information content (AvgIpc) is 2.89. The van der Waals surface area contributed by atoms with E-state index in [4.69, 9.17) is 4.84 Å². The number of benzene rings is 1. The Morgan fingerprint density at radius 1 is 1.58 bits per heavy atom. The lowest BCUT2D eigenvalue weighted by molar-refractivity contribution is -0.169. The van der Waals surface area contributed by atoms with Gasteiger partial charge in [0.2, 0.25) is 0 Å². The second kappa shape index (κ2) is 5.63. The monoisotopic (exact) mass is 280 g/mol. The zero-order chi connectivity index (χ0) is 14.0. The highest BCUT2D eigenvalue weighted by Gasteiger charge is 2.29. The Kier molecular flexibility index (Phi) is 4.11. The lowest BCUT2D eigenvalue weighted by Gasteiger charge is -2.15. The topological polar surface area (TPSA) is 62.1 Å². The molecule has 1 aromatic rings. The fourth-order valence-electron chi connectivity index (χ4n) is 1.78. The van der Waals surface area contributed by atoms with Gasteiger partial charge < -0.3 is 5.11 Å². The molecule has 1 aromatic carbocycles. The van der Waals surface area contributed by atoms with Crippen LogP contribution in [0.15, 0.2) is 23.2 Å². The van der Waals surface area contributed by atoms with E-state index in [2.05, 4.69) is 4.99 Å². The van der Waals surface area contributed by atoms with E-state index < -0.39 is 6.04 Å². The van der Waals surface area contributed by atoms with Crippen LogP contribution in [0.3, 0.4) is 0 Å². The first-order valence-corrected chi connectivity index (χ1v) is 6.84. The number of rotatable bonds is 3. The van der Waals surface area contributed by atoms with Crippen molar-refractivity contribution in [3.63, 3.8) is 0 Å². The van der Waals surface area contributed by atoms with Crippen molar-refractivity contribution < 1.29 is 14.7 Å². The molecule has 6 heteroatoms. The van der Waals surface area contributed by atoms with Crippen LogP contribution in [0.25, 0.3) is 0 Å². The molecule has 0 radical (unpaired) electrons. The maximum Gasteiger partial charge on any atom is 0.271 e. The van der Waals surface area contributed by atoms with Crippen LogP contribution in [-0.4, -0.2) is 47.1 Å². The summed E-state index contributed by atoms with van der Waals surface area (Å²) in [6.07, 6.45) is 0. The number of hydrogen-bond donors (Lipinski definition) is 1. The minimum absolute atomic E-state index is 0.183. The zero-order valence-electron chi connectivity index (χ0n) is 11.1. The van der Waals surface area contributed by atoms with E-state index in [-0.39, 0.29) is 11.7 Å². The predicted octanol–water partition coefficient (Wildman–Crippen LogP) is 1.58. The Labute approximate surface area is 116 Å². The Morgan fingerprint density at radius 3 is 3.00 bits per heavy atom. The summed E-state index contributed by atoms with van der Waals surface area (Å²) in [5.74, 6) is 0.606. The summed E-state index contributed by atoms with van der Waals surface area (Å²) < 4.78 is 0. The van der Waals surface area contributed by atoms with Crippen LogP contribution in [0.4, 0.5) is 0 Å². The van der Waals surface area contributed by atoms with E-state index in [1.165, 1.54) is 23.9 Å². The molecule has 0 saturated heterocycles. The SMILES string of the molecule is CON(C)C(=O)[C@@H]1CSC(c2cccc(C)c2O)=N1. The molecule has 1 aliphatic rings. The van der Waals surface area contributed by atoms with Gasteiger partial charge in [0.25, 0.3) is 5.91 Å². The number of phenolic OH excluding ortho intramolecular Hbond substituents is 1. The summed E-state index contributed by atoms with van der Waals surface area (Å²) in [6.45, 7) is 1.83. The molecule has 0 spiro atoms. The third kappa shape index (κ3) is 2.74. The Balaban J connectivity index is 2.24. The lowest BCUT2D eigenvalue weighted by atomic mass is 10.1. The smallest absolute Gasteiger partial charge is 0.271 e. The minimum atomic E-state index is -0.454. The molecule has 0 saturated carbocycles. The van der Waals surface area contributed by atoms with Gasteiger partial charge in [0.1, 0.15) is 16.8 Å². The van der Waals surface area contributed by atoms with Crippen LogP contribution in [-0.2, 0) is 9.63 Å². The van der Waals surface area contributed by atoms with Crippen LogP contribution in [0.5, 0.6) is 5.75 Å². The van der Waals surface area contributed by atoms with Gasteiger partial charge >= 0.3 is 0 Å². The van der Waals surface area contributed by atoms with Gasteiger partial charge in [-0.1, -0.05) is 12.1 Å². The first-order chi connectivity index (χ1) is 9.04. The van der Waals surface area contributed by atoms with Gasteiger partial charge in [-0.25, -0.2) is 5.06 Å². The molecule has 5 nitrogen and oxygen atoms in total. The first-order valence-electron chi connectivity index (χ1n) is 5.85. The quantitative estimate of drug-likeness (QED) is 0.854. The second-order valence-electron chi connectivity index (χ2n) is 4.25. The van der Waals surface area contributed by atoms with Crippen LogP contribution in [0.2, 0.25) is 0 Å². The first kappa shape index (κ1) is 13.9. The summed E-state index contributed by atoms with van der Waals surface area (Å²) in [6, 6.07) is 5.05.